The molecule has 0 bridgehead atoms. The van der Waals surface area contributed by atoms with Crippen LogP contribution in [0.15, 0.2) is 24.3 Å². The van der Waals surface area contributed by atoms with E-state index in [4.69, 9.17) is 21.1 Å². The third-order valence-electron chi connectivity index (χ3n) is 2.83. The van der Waals surface area contributed by atoms with E-state index >= 15 is 0 Å². The monoisotopic (exact) mass is 328 g/mol. The molecular formula is C14H14ClFN2O2S. The molecule has 0 spiro atoms. The standard InChI is InChI=1S/C14H14ClFN2O2S/c1-19-11-7-12(20-2)18-14(17-11)13(21-3)8-4-5-9(15)10(16)6-8/h4-7,13H,1-3H3. The molecule has 21 heavy (non-hydrogen) atoms. The molecule has 0 aliphatic heterocycles. The third-order valence-corrected chi connectivity index (χ3v) is 4.09. The largest absolute Gasteiger partial charge is 0.481 e. The summed E-state index contributed by atoms with van der Waals surface area (Å²) in [6.45, 7) is 0. The number of nitrogens with zero attached hydrogens (tertiary/aromatic N) is 2. The van der Waals surface area contributed by atoms with Crippen molar-refractivity contribution in [3.05, 3.63) is 46.5 Å². The summed E-state index contributed by atoms with van der Waals surface area (Å²) in [4.78, 5) is 8.62. The molecule has 1 atom stereocenters. The lowest BCUT2D eigenvalue weighted by atomic mass is 10.1. The molecule has 1 aromatic heterocycles. The number of thioether (sulfide) groups is 1. The Balaban J connectivity index is 2.47. The first-order valence-corrected chi connectivity index (χ1v) is 7.70. The average molecular weight is 329 g/mol. The summed E-state index contributed by atoms with van der Waals surface area (Å²) in [7, 11) is 3.03. The number of hydrogen-bond acceptors (Lipinski definition) is 5. The zero-order chi connectivity index (χ0) is 15.4. The van der Waals surface area contributed by atoms with Crippen LogP contribution in [0, 0.1) is 5.82 Å². The van der Waals surface area contributed by atoms with Crippen molar-refractivity contribution < 1.29 is 13.9 Å². The molecule has 0 aliphatic carbocycles. The number of aromatic nitrogens is 2. The van der Waals surface area contributed by atoms with Gasteiger partial charge in [-0.15, -0.1) is 11.8 Å². The van der Waals surface area contributed by atoms with Gasteiger partial charge in [-0.1, -0.05) is 17.7 Å². The summed E-state index contributed by atoms with van der Waals surface area (Å²) in [5.74, 6) is 0.805. The van der Waals surface area contributed by atoms with Gasteiger partial charge in [-0.3, -0.25) is 0 Å². The number of ether oxygens (including phenoxy) is 2. The highest BCUT2D eigenvalue weighted by molar-refractivity contribution is 7.99. The minimum atomic E-state index is -0.469. The van der Waals surface area contributed by atoms with E-state index in [2.05, 4.69) is 9.97 Å². The molecule has 2 rings (SSSR count). The fourth-order valence-corrected chi connectivity index (χ4v) is 2.67. The first-order chi connectivity index (χ1) is 10.1. The Kier molecular flexibility index (Phi) is 5.25. The summed E-state index contributed by atoms with van der Waals surface area (Å²) in [5.41, 5.74) is 0.722. The highest BCUT2D eigenvalue weighted by Gasteiger charge is 2.19. The van der Waals surface area contributed by atoms with E-state index in [1.165, 1.54) is 38.1 Å². The van der Waals surface area contributed by atoms with Crippen molar-refractivity contribution in [2.75, 3.05) is 20.5 Å². The van der Waals surface area contributed by atoms with Gasteiger partial charge in [0.05, 0.1) is 30.6 Å². The number of methoxy groups -OCH3 is 2. The topological polar surface area (TPSA) is 44.2 Å². The fourth-order valence-electron chi connectivity index (χ4n) is 1.81. The van der Waals surface area contributed by atoms with Gasteiger partial charge in [0, 0.05) is 0 Å². The van der Waals surface area contributed by atoms with Crippen molar-refractivity contribution >= 4 is 23.4 Å². The second-order valence-electron chi connectivity index (χ2n) is 4.10. The summed E-state index contributed by atoms with van der Waals surface area (Å²) in [6, 6.07) is 6.25. The van der Waals surface area contributed by atoms with Gasteiger partial charge in [0.15, 0.2) is 5.82 Å². The Morgan fingerprint density at radius 2 is 1.76 bits per heavy atom. The average Bonchev–Trinajstić information content (AvgIpc) is 2.51. The molecule has 0 fully saturated rings. The minimum absolute atomic E-state index is 0.0859. The Morgan fingerprint density at radius 1 is 1.14 bits per heavy atom. The lowest BCUT2D eigenvalue weighted by Gasteiger charge is -2.15. The number of rotatable bonds is 5. The van der Waals surface area contributed by atoms with Crippen molar-refractivity contribution in [1.82, 2.24) is 9.97 Å². The zero-order valence-corrected chi connectivity index (χ0v) is 13.3. The zero-order valence-electron chi connectivity index (χ0n) is 11.8. The molecule has 0 radical (unpaired) electrons. The first-order valence-electron chi connectivity index (χ1n) is 6.03. The maximum absolute atomic E-state index is 13.7. The molecule has 1 heterocycles. The molecular weight excluding hydrogens is 315 g/mol. The Bertz CT molecular complexity index is 620. The van der Waals surface area contributed by atoms with Crippen LogP contribution >= 0.6 is 23.4 Å². The second kappa shape index (κ2) is 6.95. The lowest BCUT2D eigenvalue weighted by molar-refractivity contribution is 0.368. The van der Waals surface area contributed by atoms with E-state index in [-0.39, 0.29) is 10.3 Å². The quantitative estimate of drug-likeness (QED) is 0.836. The normalized spacial score (nSPS) is 12.0. The summed E-state index contributed by atoms with van der Waals surface area (Å²) >= 11 is 7.20. The molecule has 4 nitrogen and oxygen atoms in total. The fraction of sp³-hybridized carbons (Fsp3) is 0.286. The van der Waals surface area contributed by atoms with Gasteiger partial charge in [0.1, 0.15) is 5.82 Å². The van der Waals surface area contributed by atoms with Crippen LogP contribution in [0.2, 0.25) is 5.02 Å². The van der Waals surface area contributed by atoms with Gasteiger partial charge in [-0.05, 0) is 24.0 Å². The predicted octanol–water partition coefficient (Wildman–Crippen LogP) is 3.74. The van der Waals surface area contributed by atoms with Crippen LogP contribution < -0.4 is 9.47 Å². The molecule has 0 saturated carbocycles. The third kappa shape index (κ3) is 3.57. The number of benzene rings is 1. The summed E-state index contributed by atoms with van der Waals surface area (Å²) < 4.78 is 23.9. The molecule has 0 aliphatic rings. The van der Waals surface area contributed by atoms with E-state index < -0.39 is 5.82 Å². The van der Waals surface area contributed by atoms with Crippen LogP contribution in [0.5, 0.6) is 11.8 Å². The van der Waals surface area contributed by atoms with Crippen LogP contribution in [0.1, 0.15) is 16.6 Å². The molecule has 7 heteroatoms. The number of hydrogen-bond donors (Lipinski definition) is 0. The van der Waals surface area contributed by atoms with Crippen LogP contribution in [0.4, 0.5) is 4.39 Å². The van der Waals surface area contributed by atoms with E-state index in [0.29, 0.717) is 17.6 Å². The van der Waals surface area contributed by atoms with Crippen LogP contribution in [-0.4, -0.2) is 30.4 Å². The molecule has 1 aromatic carbocycles. The summed E-state index contributed by atoms with van der Waals surface area (Å²) in [6.07, 6.45) is 1.90. The summed E-state index contributed by atoms with van der Waals surface area (Å²) in [5, 5.41) is -0.163. The van der Waals surface area contributed by atoms with Crippen molar-refractivity contribution in [1.29, 1.82) is 0 Å². The maximum Gasteiger partial charge on any atom is 0.220 e. The predicted molar refractivity (Wildman–Crippen MR) is 81.9 cm³/mol. The Morgan fingerprint density at radius 3 is 2.24 bits per heavy atom. The Labute approximate surface area is 131 Å². The lowest BCUT2D eigenvalue weighted by Crippen LogP contribution is -2.06. The van der Waals surface area contributed by atoms with Gasteiger partial charge in [0.2, 0.25) is 11.8 Å². The molecule has 2 aromatic rings. The highest BCUT2D eigenvalue weighted by Crippen LogP contribution is 2.34. The van der Waals surface area contributed by atoms with E-state index in [1.54, 1.807) is 12.1 Å². The number of halogens is 2. The van der Waals surface area contributed by atoms with Gasteiger partial charge in [-0.25, -0.2) is 4.39 Å². The van der Waals surface area contributed by atoms with Crippen LogP contribution in [0.25, 0.3) is 0 Å². The van der Waals surface area contributed by atoms with Gasteiger partial charge >= 0.3 is 0 Å². The van der Waals surface area contributed by atoms with Crippen molar-refractivity contribution in [2.45, 2.75) is 5.25 Å². The van der Waals surface area contributed by atoms with Gasteiger partial charge < -0.3 is 9.47 Å². The highest BCUT2D eigenvalue weighted by atomic mass is 35.5. The van der Waals surface area contributed by atoms with E-state index in [9.17, 15) is 4.39 Å². The van der Waals surface area contributed by atoms with E-state index in [0.717, 1.165) is 5.56 Å². The second-order valence-corrected chi connectivity index (χ2v) is 5.45. The van der Waals surface area contributed by atoms with Crippen LogP contribution in [-0.2, 0) is 0 Å². The van der Waals surface area contributed by atoms with Crippen molar-refractivity contribution in [2.24, 2.45) is 0 Å². The van der Waals surface area contributed by atoms with Gasteiger partial charge in [-0.2, -0.15) is 9.97 Å². The van der Waals surface area contributed by atoms with E-state index in [1.807, 2.05) is 6.26 Å². The van der Waals surface area contributed by atoms with Crippen molar-refractivity contribution in [3.63, 3.8) is 0 Å². The van der Waals surface area contributed by atoms with Gasteiger partial charge in [0.25, 0.3) is 0 Å². The smallest absolute Gasteiger partial charge is 0.220 e. The molecule has 0 N–H and O–H groups in total. The molecule has 1 unspecified atom stereocenters. The SMILES string of the molecule is COc1cc(OC)nc(C(SC)c2ccc(Cl)c(F)c2)n1. The molecule has 0 amide bonds. The first kappa shape index (κ1) is 15.9. The maximum atomic E-state index is 13.7. The van der Waals surface area contributed by atoms with Crippen LogP contribution in [0.3, 0.4) is 0 Å². The van der Waals surface area contributed by atoms with Crippen molar-refractivity contribution in [3.8, 4) is 11.8 Å². The molecule has 112 valence electrons. The molecule has 0 saturated heterocycles. The minimum Gasteiger partial charge on any atom is -0.481 e. The Hall–Kier alpha value is -1.53.